The van der Waals surface area contributed by atoms with Crippen molar-refractivity contribution in [3.05, 3.63) is 48.4 Å². The van der Waals surface area contributed by atoms with E-state index in [2.05, 4.69) is 0 Å². The summed E-state index contributed by atoms with van der Waals surface area (Å²) in [5.41, 5.74) is 0.534. The number of imide groups is 1. The maximum Gasteiger partial charge on any atom is 0.379 e. The van der Waals surface area contributed by atoms with Crippen LogP contribution in [0.5, 0.6) is 5.75 Å². The highest BCUT2D eigenvalue weighted by Gasteiger charge is 2.61. The van der Waals surface area contributed by atoms with Crippen LogP contribution in [0.4, 0.5) is 5.69 Å². The van der Waals surface area contributed by atoms with Crippen LogP contribution < -0.4 is 9.64 Å². The summed E-state index contributed by atoms with van der Waals surface area (Å²) < 4.78 is 10.2. The second kappa shape index (κ2) is 5.56. The van der Waals surface area contributed by atoms with Crippen LogP contribution in [0.2, 0.25) is 0 Å². The van der Waals surface area contributed by atoms with Gasteiger partial charge in [0.05, 0.1) is 23.8 Å². The first-order valence-electron chi connectivity index (χ1n) is 8.87. The van der Waals surface area contributed by atoms with Crippen molar-refractivity contribution in [2.24, 2.45) is 23.7 Å². The van der Waals surface area contributed by atoms with Gasteiger partial charge in [-0.15, -0.1) is 0 Å². The van der Waals surface area contributed by atoms with Crippen molar-refractivity contribution in [1.82, 2.24) is 0 Å². The van der Waals surface area contributed by atoms with Gasteiger partial charge in [0, 0.05) is 0 Å². The molecule has 0 N–H and O–H groups in total. The van der Waals surface area contributed by atoms with Crippen molar-refractivity contribution in [3.8, 4) is 5.75 Å². The molecular formula is C20H17NO5. The number of furan rings is 1. The zero-order valence-electron chi connectivity index (χ0n) is 14.0. The Balaban J connectivity index is 1.36. The lowest BCUT2D eigenvalue weighted by molar-refractivity contribution is -0.123. The molecule has 2 heterocycles. The second-order valence-corrected chi connectivity index (χ2v) is 7.26. The van der Waals surface area contributed by atoms with E-state index < -0.39 is 5.97 Å². The van der Waals surface area contributed by atoms with Gasteiger partial charge in [0.1, 0.15) is 5.75 Å². The molecule has 2 bridgehead atoms. The van der Waals surface area contributed by atoms with Gasteiger partial charge in [-0.25, -0.2) is 4.79 Å². The van der Waals surface area contributed by atoms with Gasteiger partial charge in [-0.05, 0) is 67.5 Å². The Morgan fingerprint density at radius 1 is 1.00 bits per heavy atom. The monoisotopic (exact) mass is 351 g/mol. The largest absolute Gasteiger partial charge is 0.457 e. The number of esters is 1. The van der Waals surface area contributed by atoms with Gasteiger partial charge in [0.25, 0.3) is 0 Å². The Morgan fingerprint density at radius 3 is 2.23 bits per heavy atom. The van der Waals surface area contributed by atoms with E-state index in [1.54, 1.807) is 30.3 Å². The van der Waals surface area contributed by atoms with E-state index >= 15 is 0 Å². The molecule has 4 atom stereocenters. The first-order valence-corrected chi connectivity index (χ1v) is 8.87. The van der Waals surface area contributed by atoms with Crippen molar-refractivity contribution < 1.29 is 23.5 Å². The summed E-state index contributed by atoms with van der Waals surface area (Å²) in [7, 11) is 0. The molecule has 1 saturated heterocycles. The quantitative estimate of drug-likeness (QED) is 0.483. The average Bonchev–Trinajstić information content (AvgIpc) is 3.41. The number of amides is 2. The third kappa shape index (κ3) is 2.14. The number of ether oxygens (including phenoxy) is 1. The minimum absolute atomic E-state index is 0.0764. The highest BCUT2D eigenvalue weighted by atomic mass is 16.5. The molecule has 26 heavy (non-hydrogen) atoms. The normalized spacial score (nSPS) is 29.3. The topological polar surface area (TPSA) is 76.8 Å². The van der Waals surface area contributed by atoms with Gasteiger partial charge in [-0.2, -0.15) is 0 Å². The van der Waals surface area contributed by atoms with Crippen LogP contribution in [0.25, 0.3) is 0 Å². The standard InChI is InChI=1S/C20H17NO5/c22-18-16-11-3-4-12(10-11)17(16)19(23)21(18)13-5-7-14(8-6-13)26-20(24)15-2-1-9-25-15/h1-2,5-9,11-12,16-17H,3-4,10H2/t11-,12+,16+,17-. The fraction of sp³-hybridized carbons (Fsp3) is 0.350. The first kappa shape index (κ1) is 15.4. The van der Waals surface area contributed by atoms with Crippen molar-refractivity contribution in [1.29, 1.82) is 0 Å². The molecule has 6 heteroatoms. The number of fused-ring (bicyclic) bond motifs is 5. The van der Waals surface area contributed by atoms with Crippen molar-refractivity contribution in [3.63, 3.8) is 0 Å². The van der Waals surface area contributed by atoms with Crippen LogP contribution in [0.3, 0.4) is 0 Å². The molecule has 1 aromatic carbocycles. The fourth-order valence-electron chi connectivity index (χ4n) is 4.88. The number of carbonyl (C=O) groups is 3. The SMILES string of the molecule is O=C(Oc1ccc(N2C(=O)[C@@H]3[C@H]4CC[C@H](C4)[C@@H]3C2=O)cc1)c1ccco1. The lowest BCUT2D eigenvalue weighted by atomic mass is 9.81. The van der Waals surface area contributed by atoms with Gasteiger partial charge < -0.3 is 9.15 Å². The zero-order chi connectivity index (χ0) is 17.8. The second-order valence-electron chi connectivity index (χ2n) is 7.26. The molecule has 5 rings (SSSR count). The summed E-state index contributed by atoms with van der Waals surface area (Å²) in [6.07, 6.45) is 4.53. The van der Waals surface area contributed by atoms with Crippen LogP contribution in [0.15, 0.2) is 47.1 Å². The molecule has 2 amide bonds. The van der Waals surface area contributed by atoms with E-state index in [1.165, 1.54) is 17.2 Å². The van der Waals surface area contributed by atoms with E-state index in [0.717, 1.165) is 19.3 Å². The number of benzene rings is 1. The number of hydrogen-bond acceptors (Lipinski definition) is 5. The molecule has 6 nitrogen and oxygen atoms in total. The summed E-state index contributed by atoms with van der Waals surface area (Å²) >= 11 is 0. The van der Waals surface area contributed by atoms with Gasteiger partial charge in [0.15, 0.2) is 0 Å². The van der Waals surface area contributed by atoms with Crippen LogP contribution in [-0.2, 0) is 9.59 Å². The Labute approximate surface area is 149 Å². The van der Waals surface area contributed by atoms with Crippen molar-refractivity contribution >= 4 is 23.5 Å². The maximum absolute atomic E-state index is 12.8. The lowest BCUT2D eigenvalue weighted by Gasteiger charge is -2.19. The average molecular weight is 351 g/mol. The summed E-state index contributed by atoms with van der Waals surface area (Å²) in [5, 5.41) is 0. The zero-order valence-corrected chi connectivity index (χ0v) is 14.0. The van der Waals surface area contributed by atoms with Gasteiger partial charge in [-0.3, -0.25) is 14.5 Å². The highest BCUT2D eigenvalue weighted by molar-refractivity contribution is 6.22. The molecule has 2 aromatic rings. The third-order valence-corrected chi connectivity index (χ3v) is 5.96. The van der Waals surface area contributed by atoms with Crippen LogP contribution >= 0.6 is 0 Å². The van der Waals surface area contributed by atoms with E-state index in [4.69, 9.17) is 9.15 Å². The molecule has 0 spiro atoms. The van der Waals surface area contributed by atoms with Gasteiger partial charge in [0.2, 0.25) is 17.6 Å². The smallest absolute Gasteiger partial charge is 0.379 e. The molecule has 1 aliphatic heterocycles. The van der Waals surface area contributed by atoms with Crippen molar-refractivity contribution in [2.75, 3.05) is 4.90 Å². The molecule has 3 fully saturated rings. The Hall–Kier alpha value is -2.89. The molecule has 1 aromatic heterocycles. The molecule has 2 aliphatic carbocycles. The minimum Gasteiger partial charge on any atom is -0.457 e. The summed E-state index contributed by atoms with van der Waals surface area (Å²) in [5.74, 6) is 0.134. The van der Waals surface area contributed by atoms with E-state index in [1.807, 2.05) is 0 Å². The minimum atomic E-state index is -0.595. The van der Waals surface area contributed by atoms with Gasteiger partial charge >= 0.3 is 5.97 Å². The Bertz CT molecular complexity index is 857. The summed E-state index contributed by atoms with van der Waals surface area (Å²) in [6.45, 7) is 0. The number of anilines is 1. The van der Waals surface area contributed by atoms with Gasteiger partial charge in [-0.1, -0.05) is 0 Å². The predicted molar refractivity (Wildman–Crippen MR) is 90.4 cm³/mol. The molecular weight excluding hydrogens is 334 g/mol. The number of rotatable bonds is 3. The fourth-order valence-corrected chi connectivity index (χ4v) is 4.88. The molecule has 0 radical (unpaired) electrons. The summed E-state index contributed by atoms with van der Waals surface area (Å²) in [6, 6.07) is 9.57. The molecule has 132 valence electrons. The Morgan fingerprint density at radius 2 is 1.65 bits per heavy atom. The lowest BCUT2D eigenvalue weighted by Crippen LogP contribution is -2.32. The number of hydrogen-bond donors (Lipinski definition) is 0. The van der Waals surface area contributed by atoms with Crippen LogP contribution in [-0.4, -0.2) is 17.8 Å². The van der Waals surface area contributed by atoms with Crippen LogP contribution in [0.1, 0.15) is 29.8 Å². The number of nitrogens with zero attached hydrogens (tertiary/aromatic N) is 1. The van der Waals surface area contributed by atoms with E-state index in [-0.39, 0.29) is 29.4 Å². The molecule has 3 aliphatic rings. The molecule has 0 unspecified atom stereocenters. The molecule has 2 saturated carbocycles. The Kier molecular flexibility index (Phi) is 3.29. The predicted octanol–water partition coefficient (Wildman–Crippen LogP) is 3.03. The summed E-state index contributed by atoms with van der Waals surface area (Å²) in [4.78, 5) is 38.8. The third-order valence-electron chi connectivity index (χ3n) is 5.96. The number of carbonyl (C=O) groups excluding carboxylic acids is 3. The van der Waals surface area contributed by atoms with Crippen LogP contribution in [0, 0.1) is 23.7 Å². The van der Waals surface area contributed by atoms with E-state index in [9.17, 15) is 14.4 Å². The van der Waals surface area contributed by atoms with E-state index in [0.29, 0.717) is 23.3 Å². The highest BCUT2D eigenvalue weighted by Crippen LogP contribution is 2.56. The van der Waals surface area contributed by atoms with Crippen molar-refractivity contribution in [2.45, 2.75) is 19.3 Å². The first-order chi connectivity index (χ1) is 12.6. The maximum atomic E-state index is 12.8.